The average molecular weight is 425 g/mol. The van der Waals surface area contributed by atoms with Gasteiger partial charge in [-0.2, -0.15) is 9.50 Å². The molecule has 4 aromatic rings. The Morgan fingerprint density at radius 1 is 1.17 bits per heavy atom. The number of ether oxygens (including phenoxy) is 2. The molecule has 0 amide bonds. The Kier molecular flexibility index (Phi) is 5.49. The van der Waals surface area contributed by atoms with E-state index in [1.165, 1.54) is 10.6 Å². The number of H-pyrrole nitrogens is 1. The van der Waals surface area contributed by atoms with Gasteiger partial charge in [0.1, 0.15) is 17.9 Å². The highest BCUT2D eigenvalue weighted by molar-refractivity contribution is 6.34. The van der Waals surface area contributed by atoms with Gasteiger partial charge in [-0.1, -0.05) is 48.0 Å². The number of esters is 1. The van der Waals surface area contributed by atoms with Crippen molar-refractivity contribution in [2.75, 3.05) is 6.61 Å². The summed E-state index contributed by atoms with van der Waals surface area (Å²) in [6.07, 6.45) is 0. The zero-order chi connectivity index (χ0) is 21.1. The molecule has 0 unspecified atom stereocenters. The summed E-state index contributed by atoms with van der Waals surface area (Å²) in [7, 11) is 0. The van der Waals surface area contributed by atoms with Crippen molar-refractivity contribution in [1.29, 1.82) is 0 Å². The van der Waals surface area contributed by atoms with Gasteiger partial charge in [0.15, 0.2) is 5.82 Å². The lowest BCUT2D eigenvalue weighted by Crippen LogP contribution is -2.17. The number of hydrogen-bond acceptors (Lipinski definition) is 6. The Hall–Kier alpha value is -3.65. The number of aromatic amines is 1. The van der Waals surface area contributed by atoms with E-state index < -0.39 is 5.97 Å². The summed E-state index contributed by atoms with van der Waals surface area (Å²) in [5.74, 6) is 0.401. The van der Waals surface area contributed by atoms with Crippen LogP contribution < -0.4 is 10.3 Å². The highest BCUT2D eigenvalue weighted by Crippen LogP contribution is 2.28. The number of aromatic nitrogens is 4. The van der Waals surface area contributed by atoms with Crippen molar-refractivity contribution in [3.8, 4) is 17.1 Å². The van der Waals surface area contributed by atoms with Crippen molar-refractivity contribution < 1.29 is 14.3 Å². The number of carbonyl (C=O) groups is 1. The van der Waals surface area contributed by atoms with E-state index in [-0.39, 0.29) is 40.9 Å². The summed E-state index contributed by atoms with van der Waals surface area (Å²) in [6.45, 7) is 1.91. The predicted octanol–water partition coefficient (Wildman–Crippen LogP) is 3.49. The monoisotopic (exact) mass is 424 g/mol. The van der Waals surface area contributed by atoms with E-state index in [0.717, 1.165) is 5.56 Å². The minimum atomic E-state index is -0.577. The number of fused-ring (bicyclic) bond motifs is 1. The second kappa shape index (κ2) is 8.38. The molecule has 8 nitrogen and oxygen atoms in total. The maximum Gasteiger partial charge on any atom is 0.343 e. The molecule has 4 rings (SSSR count). The maximum absolute atomic E-state index is 12.5. The van der Waals surface area contributed by atoms with E-state index in [0.29, 0.717) is 11.5 Å². The van der Waals surface area contributed by atoms with Crippen molar-refractivity contribution in [3.05, 3.63) is 81.2 Å². The molecule has 0 radical (unpaired) electrons. The van der Waals surface area contributed by atoms with Crippen LogP contribution in [0.3, 0.4) is 0 Å². The van der Waals surface area contributed by atoms with Crippen molar-refractivity contribution in [2.24, 2.45) is 0 Å². The molecule has 30 heavy (non-hydrogen) atoms. The first-order valence-corrected chi connectivity index (χ1v) is 9.57. The van der Waals surface area contributed by atoms with Crippen molar-refractivity contribution >= 4 is 23.3 Å². The minimum Gasteiger partial charge on any atom is -0.486 e. The molecule has 9 heteroatoms. The number of nitrogens with zero attached hydrogens (tertiary/aromatic N) is 3. The molecule has 0 atom stereocenters. The second-order valence-corrected chi connectivity index (χ2v) is 6.70. The SMILES string of the molecule is CCOC(=O)c1c(Cl)cccc1OCc1cc(=O)n2nc(-c3ccccc3)nc2[nH]1. The minimum absolute atomic E-state index is 0.00792. The molecule has 0 saturated carbocycles. The molecule has 0 aliphatic heterocycles. The largest absolute Gasteiger partial charge is 0.486 e. The van der Waals surface area contributed by atoms with Gasteiger partial charge in [0, 0.05) is 11.6 Å². The fraction of sp³-hybridized carbons (Fsp3) is 0.143. The zero-order valence-electron chi connectivity index (χ0n) is 16.0. The standard InChI is InChI=1S/C21H17ClN4O4/c1-2-29-20(28)18-15(22)9-6-10-16(18)30-12-14-11-17(27)26-21(23-14)24-19(25-26)13-7-4-3-5-8-13/h3-11H,2,12H2,1H3,(H,23,24,25). The van der Waals surface area contributed by atoms with Gasteiger partial charge in [0.2, 0.25) is 5.78 Å². The molecule has 0 saturated heterocycles. The maximum atomic E-state index is 12.5. The quantitative estimate of drug-likeness (QED) is 0.476. The lowest BCUT2D eigenvalue weighted by molar-refractivity contribution is 0.0521. The molecule has 0 bridgehead atoms. The Balaban J connectivity index is 1.62. The lowest BCUT2D eigenvalue weighted by Gasteiger charge is -2.12. The van der Waals surface area contributed by atoms with E-state index >= 15 is 0 Å². The highest BCUT2D eigenvalue weighted by atomic mass is 35.5. The van der Waals surface area contributed by atoms with Crippen LogP contribution >= 0.6 is 11.6 Å². The van der Waals surface area contributed by atoms with E-state index in [4.69, 9.17) is 21.1 Å². The fourth-order valence-electron chi connectivity index (χ4n) is 2.91. The summed E-state index contributed by atoms with van der Waals surface area (Å²) < 4.78 is 12.0. The van der Waals surface area contributed by atoms with Gasteiger partial charge in [-0.05, 0) is 19.1 Å². The Morgan fingerprint density at radius 3 is 2.73 bits per heavy atom. The number of rotatable bonds is 6. The number of halogens is 1. The van der Waals surface area contributed by atoms with Crippen LogP contribution in [-0.4, -0.2) is 32.2 Å². The molecule has 0 fully saturated rings. The first kappa shape index (κ1) is 19.7. The van der Waals surface area contributed by atoms with Crippen molar-refractivity contribution in [3.63, 3.8) is 0 Å². The van der Waals surface area contributed by atoms with Gasteiger partial charge >= 0.3 is 5.97 Å². The molecule has 2 aromatic heterocycles. The van der Waals surface area contributed by atoms with Crippen LogP contribution in [0.25, 0.3) is 17.2 Å². The van der Waals surface area contributed by atoms with Gasteiger partial charge < -0.3 is 14.5 Å². The molecular formula is C21H17ClN4O4. The summed E-state index contributed by atoms with van der Waals surface area (Å²) in [4.78, 5) is 32.1. The number of hydrogen-bond donors (Lipinski definition) is 1. The van der Waals surface area contributed by atoms with Gasteiger partial charge in [0.25, 0.3) is 5.56 Å². The summed E-state index contributed by atoms with van der Waals surface area (Å²) >= 11 is 6.15. The molecule has 2 heterocycles. The average Bonchev–Trinajstić information content (AvgIpc) is 3.18. The third kappa shape index (κ3) is 3.90. The third-order valence-electron chi connectivity index (χ3n) is 4.26. The third-order valence-corrected chi connectivity index (χ3v) is 4.57. The molecule has 0 spiro atoms. The highest BCUT2D eigenvalue weighted by Gasteiger charge is 2.18. The van der Waals surface area contributed by atoms with Crippen LogP contribution in [-0.2, 0) is 11.3 Å². The predicted molar refractivity (Wildman–Crippen MR) is 111 cm³/mol. The van der Waals surface area contributed by atoms with E-state index in [1.807, 2.05) is 30.3 Å². The van der Waals surface area contributed by atoms with E-state index in [1.54, 1.807) is 25.1 Å². The topological polar surface area (TPSA) is 98.6 Å². The van der Waals surface area contributed by atoms with Crippen molar-refractivity contribution in [1.82, 2.24) is 19.6 Å². The number of nitrogens with one attached hydrogen (secondary N) is 1. The van der Waals surface area contributed by atoms with Gasteiger partial charge in [-0.25, -0.2) is 4.79 Å². The first-order chi connectivity index (χ1) is 14.6. The van der Waals surface area contributed by atoms with Gasteiger partial charge in [-0.15, -0.1) is 5.10 Å². The molecular weight excluding hydrogens is 408 g/mol. The van der Waals surface area contributed by atoms with Crippen LogP contribution in [0.5, 0.6) is 5.75 Å². The molecule has 152 valence electrons. The smallest absolute Gasteiger partial charge is 0.343 e. The van der Waals surface area contributed by atoms with Gasteiger partial charge in [-0.3, -0.25) is 4.79 Å². The molecule has 1 N–H and O–H groups in total. The number of carbonyl (C=O) groups excluding carboxylic acids is 1. The fourth-order valence-corrected chi connectivity index (χ4v) is 3.15. The van der Waals surface area contributed by atoms with Crippen molar-refractivity contribution in [2.45, 2.75) is 13.5 Å². The van der Waals surface area contributed by atoms with Crippen LogP contribution in [0.4, 0.5) is 0 Å². The molecule has 0 aliphatic rings. The first-order valence-electron chi connectivity index (χ1n) is 9.19. The summed E-state index contributed by atoms with van der Waals surface area (Å²) in [5.41, 5.74) is 1.05. The normalized spacial score (nSPS) is 10.9. The van der Waals surface area contributed by atoms with Gasteiger partial charge in [0.05, 0.1) is 17.3 Å². The Bertz CT molecular complexity index is 1270. The summed E-state index contributed by atoms with van der Waals surface area (Å²) in [5, 5.41) is 4.48. The zero-order valence-corrected chi connectivity index (χ0v) is 16.7. The van der Waals surface area contributed by atoms with Crippen LogP contribution in [0.15, 0.2) is 59.4 Å². The second-order valence-electron chi connectivity index (χ2n) is 6.29. The number of benzene rings is 2. The van der Waals surface area contributed by atoms with Crippen LogP contribution in [0, 0.1) is 0 Å². The summed E-state index contributed by atoms with van der Waals surface area (Å²) in [6, 6.07) is 15.6. The molecule has 2 aromatic carbocycles. The molecule has 0 aliphatic carbocycles. The Morgan fingerprint density at radius 2 is 1.97 bits per heavy atom. The van der Waals surface area contributed by atoms with Crippen LogP contribution in [0.1, 0.15) is 23.0 Å². The Labute approximate surface area is 176 Å². The lowest BCUT2D eigenvalue weighted by atomic mass is 10.2. The van der Waals surface area contributed by atoms with E-state index in [2.05, 4.69) is 15.1 Å². The van der Waals surface area contributed by atoms with E-state index in [9.17, 15) is 9.59 Å². The van der Waals surface area contributed by atoms with Crippen LogP contribution in [0.2, 0.25) is 5.02 Å².